The zero-order chi connectivity index (χ0) is 21.8. The summed E-state index contributed by atoms with van der Waals surface area (Å²) in [6.45, 7) is 4.27. The Bertz CT molecular complexity index is 1190. The van der Waals surface area contributed by atoms with Gasteiger partial charge in [-0.05, 0) is 53.1 Å². The molecule has 0 N–H and O–H groups in total. The first-order chi connectivity index (χ1) is 15.1. The van der Waals surface area contributed by atoms with Gasteiger partial charge in [0.1, 0.15) is 16.4 Å². The van der Waals surface area contributed by atoms with E-state index in [0.717, 1.165) is 42.6 Å². The molecule has 0 aliphatic heterocycles. The summed E-state index contributed by atoms with van der Waals surface area (Å²) >= 11 is 1.13. The van der Waals surface area contributed by atoms with Crippen molar-refractivity contribution in [2.75, 3.05) is 0 Å². The van der Waals surface area contributed by atoms with Crippen molar-refractivity contribution in [1.29, 1.82) is 0 Å². The molecule has 1 heterocycles. The Morgan fingerprint density at radius 3 is 2.10 bits per heavy atom. The molecule has 0 aliphatic carbocycles. The van der Waals surface area contributed by atoms with Crippen LogP contribution in [0.5, 0.6) is 5.75 Å². The van der Waals surface area contributed by atoms with E-state index in [9.17, 15) is 4.79 Å². The minimum Gasteiger partial charge on any atom is -0.422 e. The van der Waals surface area contributed by atoms with Crippen LogP contribution in [0, 0.1) is 5.82 Å². The third-order valence-corrected chi connectivity index (χ3v) is 6.43. The molecule has 158 valence electrons. The van der Waals surface area contributed by atoms with Crippen molar-refractivity contribution < 1.29 is 13.9 Å². The van der Waals surface area contributed by atoms with E-state index in [0.29, 0.717) is 26.3 Å². The van der Waals surface area contributed by atoms with Crippen molar-refractivity contribution in [3.63, 3.8) is 0 Å². The predicted octanol–water partition coefficient (Wildman–Crippen LogP) is 7.83. The van der Waals surface area contributed by atoms with Gasteiger partial charge in [-0.25, -0.2) is 9.18 Å². The van der Waals surface area contributed by atoms with Crippen molar-refractivity contribution in [3.8, 4) is 16.9 Å². The summed E-state index contributed by atoms with van der Waals surface area (Å²) in [4.78, 5) is 13.0. The molecule has 0 spiro atoms. The highest BCUT2D eigenvalue weighted by atomic mass is 32.1. The minimum absolute atomic E-state index is 0.297. The lowest BCUT2D eigenvalue weighted by atomic mass is 10.0. The number of carbonyl (C=O) groups is 1. The summed E-state index contributed by atoms with van der Waals surface area (Å²) in [7, 11) is 0. The minimum atomic E-state index is -0.464. The van der Waals surface area contributed by atoms with Crippen LogP contribution in [0.4, 0.5) is 4.39 Å². The Kier molecular flexibility index (Phi) is 6.47. The molecule has 0 amide bonds. The number of thiophene rings is 1. The average Bonchev–Trinajstić information content (AvgIpc) is 3.22. The van der Waals surface area contributed by atoms with E-state index in [-0.39, 0.29) is 5.82 Å². The van der Waals surface area contributed by atoms with Gasteiger partial charge in [-0.1, -0.05) is 75.2 Å². The lowest BCUT2D eigenvalue weighted by Crippen LogP contribution is -2.06. The van der Waals surface area contributed by atoms with Gasteiger partial charge in [0, 0.05) is 5.56 Å². The lowest BCUT2D eigenvalue weighted by molar-refractivity contribution is 0.0740. The summed E-state index contributed by atoms with van der Waals surface area (Å²) in [5.41, 5.74) is 3.84. The molecule has 1 aromatic heterocycles. The van der Waals surface area contributed by atoms with Crippen LogP contribution in [0.15, 0.2) is 66.7 Å². The molecule has 4 heteroatoms. The second-order valence-corrected chi connectivity index (χ2v) is 8.74. The predicted molar refractivity (Wildman–Crippen MR) is 127 cm³/mol. The van der Waals surface area contributed by atoms with E-state index < -0.39 is 5.97 Å². The number of hydrogen-bond acceptors (Lipinski definition) is 3. The van der Waals surface area contributed by atoms with Gasteiger partial charge in [-0.15, -0.1) is 11.3 Å². The summed E-state index contributed by atoms with van der Waals surface area (Å²) in [6.07, 6.45) is 4.15. The number of rotatable bonds is 7. The molecule has 0 bridgehead atoms. The van der Waals surface area contributed by atoms with Crippen molar-refractivity contribution >= 4 is 27.4 Å². The van der Waals surface area contributed by atoms with Crippen LogP contribution in [0.25, 0.3) is 21.2 Å². The summed E-state index contributed by atoms with van der Waals surface area (Å²) < 4.78 is 21.3. The Morgan fingerprint density at radius 1 is 0.871 bits per heavy atom. The second kappa shape index (κ2) is 9.44. The molecule has 4 aromatic rings. The maximum atomic E-state index is 15.3. The van der Waals surface area contributed by atoms with Gasteiger partial charge >= 0.3 is 5.97 Å². The van der Waals surface area contributed by atoms with Crippen LogP contribution in [-0.4, -0.2) is 5.97 Å². The van der Waals surface area contributed by atoms with Gasteiger partial charge in [-0.3, -0.25) is 0 Å². The molecule has 0 saturated carbocycles. The van der Waals surface area contributed by atoms with Crippen molar-refractivity contribution in [2.45, 2.75) is 39.5 Å². The van der Waals surface area contributed by atoms with Crippen LogP contribution >= 0.6 is 11.3 Å². The van der Waals surface area contributed by atoms with Crippen LogP contribution in [-0.2, 0) is 12.8 Å². The molecule has 0 fully saturated rings. The number of carbonyl (C=O) groups excluding carboxylic acids is 1. The fourth-order valence-electron chi connectivity index (χ4n) is 3.70. The first-order valence-electron chi connectivity index (χ1n) is 10.7. The topological polar surface area (TPSA) is 26.3 Å². The van der Waals surface area contributed by atoms with E-state index in [4.69, 9.17) is 4.74 Å². The third-order valence-electron chi connectivity index (χ3n) is 5.30. The molecule has 0 radical (unpaired) electrons. The van der Waals surface area contributed by atoms with Gasteiger partial charge in [0.05, 0.1) is 4.70 Å². The Labute approximate surface area is 186 Å². The van der Waals surface area contributed by atoms with Crippen LogP contribution in [0.2, 0.25) is 0 Å². The molecule has 0 saturated heterocycles. The number of ether oxygens (including phenoxy) is 1. The van der Waals surface area contributed by atoms with E-state index in [1.165, 1.54) is 11.1 Å². The van der Waals surface area contributed by atoms with Gasteiger partial charge in [0.15, 0.2) is 0 Å². The fraction of sp³-hybridized carbons (Fsp3) is 0.222. The summed E-state index contributed by atoms with van der Waals surface area (Å²) in [6, 6.07) is 20.9. The molecule has 4 rings (SSSR count). The Morgan fingerprint density at radius 2 is 1.48 bits per heavy atom. The SMILES string of the molecule is CCCc1ccc(OC(=O)c2cc3ccc(-c4ccc(CCC)cc4)c(F)c3s2)cc1. The van der Waals surface area contributed by atoms with Crippen molar-refractivity contribution in [1.82, 2.24) is 0 Å². The van der Waals surface area contributed by atoms with Crippen LogP contribution in [0.3, 0.4) is 0 Å². The molecule has 0 atom stereocenters. The largest absolute Gasteiger partial charge is 0.422 e. The second-order valence-electron chi connectivity index (χ2n) is 7.69. The maximum Gasteiger partial charge on any atom is 0.353 e. The van der Waals surface area contributed by atoms with E-state index >= 15 is 4.39 Å². The normalized spacial score (nSPS) is 11.1. The molecule has 0 aliphatic rings. The number of hydrogen-bond donors (Lipinski definition) is 0. The zero-order valence-electron chi connectivity index (χ0n) is 17.8. The highest BCUT2D eigenvalue weighted by Gasteiger charge is 2.17. The van der Waals surface area contributed by atoms with E-state index in [1.54, 1.807) is 24.3 Å². The van der Waals surface area contributed by atoms with Gasteiger partial charge in [0.25, 0.3) is 0 Å². The highest BCUT2D eigenvalue weighted by molar-refractivity contribution is 7.20. The molecule has 31 heavy (non-hydrogen) atoms. The molecular weight excluding hydrogens is 407 g/mol. The van der Waals surface area contributed by atoms with Gasteiger partial charge < -0.3 is 4.74 Å². The third kappa shape index (κ3) is 4.70. The standard InChI is InChI=1S/C27H25FO2S/c1-3-5-18-7-11-20(12-8-18)23-16-13-21-17-24(31-26(21)25(23)28)27(29)30-22-14-9-19(6-4-2)10-15-22/h7-17H,3-6H2,1-2H3. The summed E-state index contributed by atoms with van der Waals surface area (Å²) in [5.74, 6) is -0.265. The molecular formula is C27H25FO2S. The van der Waals surface area contributed by atoms with E-state index in [2.05, 4.69) is 13.8 Å². The molecule has 2 nitrogen and oxygen atoms in total. The summed E-state index contributed by atoms with van der Waals surface area (Å²) in [5, 5.41) is 0.707. The fourth-order valence-corrected chi connectivity index (χ4v) is 4.68. The molecule has 3 aromatic carbocycles. The average molecular weight is 433 g/mol. The lowest BCUT2D eigenvalue weighted by Gasteiger charge is -2.06. The van der Waals surface area contributed by atoms with Gasteiger partial charge in [0.2, 0.25) is 0 Å². The Hall–Kier alpha value is -2.98. The Balaban J connectivity index is 1.57. The first-order valence-corrected chi connectivity index (χ1v) is 11.5. The number of benzene rings is 3. The van der Waals surface area contributed by atoms with Crippen molar-refractivity contribution in [3.05, 3.63) is 88.6 Å². The quantitative estimate of drug-likeness (QED) is 0.220. The van der Waals surface area contributed by atoms with E-state index in [1.807, 2.05) is 42.5 Å². The van der Waals surface area contributed by atoms with Gasteiger partial charge in [-0.2, -0.15) is 0 Å². The number of fused-ring (bicyclic) bond motifs is 1. The first kappa shape index (κ1) is 21.3. The number of esters is 1. The monoisotopic (exact) mass is 432 g/mol. The van der Waals surface area contributed by atoms with Crippen LogP contribution in [0.1, 0.15) is 47.5 Å². The zero-order valence-corrected chi connectivity index (χ0v) is 18.6. The highest BCUT2D eigenvalue weighted by Crippen LogP contribution is 2.35. The number of halogens is 1. The number of aryl methyl sites for hydroxylation is 2. The molecule has 0 unspecified atom stereocenters. The van der Waals surface area contributed by atoms with Crippen LogP contribution < -0.4 is 4.74 Å². The smallest absolute Gasteiger partial charge is 0.353 e. The van der Waals surface area contributed by atoms with Crippen molar-refractivity contribution in [2.24, 2.45) is 0 Å². The maximum absolute atomic E-state index is 15.3.